The van der Waals surface area contributed by atoms with Crippen LogP contribution in [-0.4, -0.2) is 9.78 Å². The van der Waals surface area contributed by atoms with Gasteiger partial charge in [0, 0.05) is 13.1 Å². The number of ether oxygens (including phenoxy) is 1. The molecule has 0 aliphatic carbocycles. The van der Waals surface area contributed by atoms with E-state index >= 15 is 0 Å². The molecule has 2 rings (SSSR count). The fourth-order valence-corrected chi connectivity index (χ4v) is 1.88. The lowest BCUT2D eigenvalue weighted by molar-refractivity contribution is 0.293. The highest BCUT2D eigenvalue weighted by Crippen LogP contribution is 2.22. The Kier molecular flexibility index (Phi) is 3.72. The minimum absolute atomic E-state index is 0.0123. The molecule has 4 nitrogen and oxygen atoms in total. The van der Waals surface area contributed by atoms with Crippen LogP contribution in [0.3, 0.4) is 0 Å². The summed E-state index contributed by atoms with van der Waals surface area (Å²) in [6.45, 7) is 1.98. The van der Waals surface area contributed by atoms with Gasteiger partial charge in [-0.15, -0.1) is 0 Å². The third-order valence-corrected chi connectivity index (χ3v) is 3.19. The second kappa shape index (κ2) is 5.29. The van der Waals surface area contributed by atoms with Crippen molar-refractivity contribution in [1.82, 2.24) is 9.78 Å². The molecule has 0 spiro atoms. The maximum atomic E-state index is 13.4. The Balaban J connectivity index is 2.15. The quantitative estimate of drug-likeness (QED) is 0.868. The zero-order chi connectivity index (χ0) is 14.0. The van der Waals surface area contributed by atoms with Gasteiger partial charge in [0.2, 0.25) is 0 Å². The maximum absolute atomic E-state index is 13.4. The zero-order valence-electron chi connectivity index (χ0n) is 10.4. The maximum Gasteiger partial charge on any atom is 0.144 e. The van der Waals surface area contributed by atoms with Crippen LogP contribution in [0.15, 0.2) is 18.2 Å². The molecule has 0 aliphatic rings. The van der Waals surface area contributed by atoms with Gasteiger partial charge in [0.25, 0.3) is 0 Å². The molecule has 0 bridgehead atoms. The highest BCUT2D eigenvalue weighted by atomic mass is 35.5. The van der Waals surface area contributed by atoms with Crippen molar-refractivity contribution in [3.05, 3.63) is 46.0 Å². The molecule has 1 heterocycles. The Bertz CT molecular complexity index is 661. The summed E-state index contributed by atoms with van der Waals surface area (Å²) < 4.78 is 20.5. The van der Waals surface area contributed by atoms with Gasteiger partial charge in [0.1, 0.15) is 24.2 Å². The van der Waals surface area contributed by atoms with Crippen LogP contribution in [0.1, 0.15) is 17.0 Å². The number of rotatable bonds is 3. The summed E-state index contributed by atoms with van der Waals surface area (Å²) in [4.78, 5) is 0. The summed E-state index contributed by atoms with van der Waals surface area (Å²) in [6.07, 6.45) is 0. The van der Waals surface area contributed by atoms with Crippen molar-refractivity contribution in [3.8, 4) is 11.8 Å². The minimum atomic E-state index is -0.604. The van der Waals surface area contributed by atoms with Gasteiger partial charge in [-0.05, 0) is 19.1 Å². The molecule has 0 amide bonds. The lowest BCUT2D eigenvalue weighted by Crippen LogP contribution is -2.03. The number of nitriles is 1. The van der Waals surface area contributed by atoms with Crippen molar-refractivity contribution in [1.29, 1.82) is 5.26 Å². The normalized spacial score (nSPS) is 10.3. The number of aromatic nitrogens is 2. The van der Waals surface area contributed by atoms with Gasteiger partial charge in [0.15, 0.2) is 0 Å². The lowest BCUT2D eigenvalue weighted by atomic mass is 10.2. The van der Waals surface area contributed by atoms with Crippen molar-refractivity contribution >= 4 is 11.6 Å². The average Bonchev–Trinajstić information content (AvgIpc) is 2.61. The molecule has 19 heavy (non-hydrogen) atoms. The number of nitrogens with zero attached hydrogens (tertiary/aromatic N) is 3. The van der Waals surface area contributed by atoms with E-state index in [9.17, 15) is 4.39 Å². The molecule has 0 radical (unpaired) electrons. The number of halogens is 2. The first kappa shape index (κ1) is 13.4. The fraction of sp³-hybridized carbons (Fsp3) is 0.231. The Morgan fingerprint density at radius 2 is 2.26 bits per heavy atom. The second-order valence-electron chi connectivity index (χ2n) is 4.01. The van der Waals surface area contributed by atoms with E-state index in [1.54, 1.807) is 30.8 Å². The molecule has 0 saturated carbocycles. The van der Waals surface area contributed by atoms with E-state index in [0.717, 1.165) is 0 Å². The van der Waals surface area contributed by atoms with E-state index < -0.39 is 5.82 Å². The third-order valence-electron chi connectivity index (χ3n) is 2.70. The first-order chi connectivity index (χ1) is 9.02. The molecule has 0 saturated heterocycles. The van der Waals surface area contributed by atoms with Crippen LogP contribution in [0.2, 0.25) is 5.02 Å². The van der Waals surface area contributed by atoms with Crippen LogP contribution in [0.5, 0.6) is 5.75 Å². The highest BCUT2D eigenvalue weighted by molar-refractivity contribution is 6.31. The third kappa shape index (κ3) is 2.69. The van der Waals surface area contributed by atoms with Gasteiger partial charge in [-0.25, -0.2) is 4.39 Å². The molecular weight excluding hydrogens is 269 g/mol. The van der Waals surface area contributed by atoms with Crippen LogP contribution in [0, 0.1) is 24.1 Å². The van der Waals surface area contributed by atoms with E-state index in [-0.39, 0.29) is 12.2 Å². The smallest absolute Gasteiger partial charge is 0.144 e. The number of aryl methyl sites for hydroxylation is 2. The topological polar surface area (TPSA) is 50.8 Å². The van der Waals surface area contributed by atoms with E-state index in [0.29, 0.717) is 22.2 Å². The molecule has 2 aromatic rings. The van der Waals surface area contributed by atoms with E-state index in [2.05, 4.69) is 5.10 Å². The fourth-order valence-electron chi connectivity index (χ4n) is 1.66. The largest absolute Gasteiger partial charge is 0.487 e. The van der Waals surface area contributed by atoms with E-state index in [1.165, 1.54) is 12.1 Å². The first-order valence-corrected chi connectivity index (χ1v) is 5.91. The second-order valence-corrected chi connectivity index (χ2v) is 4.39. The van der Waals surface area contributed by atoms with Crippen molar-refractivity contribution in [2.75, 3.05) is 0 Å². The van der Waals surface area contributed by atoms with Crippen LogP contribution >= 0.6 is 11.6 Å². The monoisotopic (exact) mass is 279 g/mol. The molecule has 0 N–H and O–H groups in total. The van der Waals surface area contributed by atoms with Gasteiger partial charge in [-0.3, -0.25) is 4.68 Å². The van der Waals surface area contributed by atoms with Gasteiger partial charge < -0.3 is 4.74 Å². The molecule has 0 unspecified atom stereocenters. The first-order valence-electron chi connectivity index (χ1n) is 5.53. The molecule has 0 fully saturated rings. The Morgan fingerprint density at radius 1 is 1.53 bits per heavy atom. The van der Waals surface area contributed by atoms with Crippen molar-refractivity contribution in [2.24, 2.45) is 7.05 Å². The SMILES string of the molecule is Cc1nn(C)c(COc2ccc(C#N)c(F)c2)c1Cl. The molecule has 98 valence electrons. The number of hydrogen-bond acceptors (Lipinski definition) is 3. The Labute approximate surface area is 115 Å². The van der Waals surface area contributed by atoms with Crippen LogP contribution < -0.4 is 4.74 Å². The number of benzene rings is 1. The van der Waals surface area contributed by atoms with Crippen molar-refractivity contribution < 1.29 is 9.13 Å². The molecule has 0 atom stereocenters. The van der Waals surface area contributed by atoms with E-state index in [1.807, 2.05) is 0 Å². The molecule has 1 aromatic heterocycles. The summed E-state index contributed by atoms with van der Waals surface area (Å²) in [7, 11) is 1.76. The van der Waals surface area contributed by atoms with Crippen LogP contribution in [0.4, 0.5) is 4.39 Å². The van der Waals surface area contributed by atoms with Crippen molar-refractivity contribution in [3.63, 3.8) is 0 Å². The summed E-state index contributed by atoms with van der Waals surface area (Å²) in [5, 5.41) is 13.3. The molecule has 0 aliphatic heterocycles. The summed E-state index contributed by atoms with van der Waals surface area (Å²) in [5.74, 6) is -0.265. The lowest BCUT2D eigenvalue weighted by Gasteiger charge is -2.07. The van der Waals surface area contributed by atoms with Crippen molar-refractivity contribution in [2.45, 2.75) is 13.5 Å². The Hall–Kier alpha value is -2.06. The predicted molar refractivity (Wildman–Crippen MR) is 68.4 cm³/mol. The molecular formula is C13H11ClFN3O. The summed E-state index contributed by atoms with van der Waals surface area (Å²) >= 11 is 6.08. The highest BCUT2D eigenvalue weighted by Gasteiger charge is 2.12. The molecule has 6 heteroatoms. The zero-order valence-corrected chi connectivity index (χ0v) is 11.2. The van der Waals surface area contributed by atoms with E-state index in [4.69, 9.17) is 21.6 Å². The minimum Gasteiger partial charge on any atom is -0.487 e. The Morgan fingerprint density at radius 3 is 2.79 bits per heavy atom. The van der Waals surface area contributed by atoms with Crippen LogP contribution in [0.25, 0.3) is 0 Å². The number of hydrogen-bond donors (Lipinski definition) is 0. The summed E-state index contributed by atoms with van der Waals surface area (Å²) in [5.41, 5.74) is 1.42. The van der Waals surface area contributed by atoms with Gasteiger partial charge in [-0.2, -0.15) is 10.4 Å². The van der Waals surface area contributed by atoms with Gasteiger partial charge >= 0.3 is 0 Å². The average molecular weight is 280 g/mol. The van der Waals surface area contributed by atoms with Crippen LogP contribution in [-0.2, 0) is 13.7 Å². The molecule has 1 aromatic carbocycles. The predicted octanol–water partition coefficient (Wildman–Crippen LogP) is 2.97. The summed E-state index contributed by atoms with van der Waals surface area (Å²) in [6, 6.07) is 5.84. The van der Waals surface area contributed by atoms with Gasteiger partial charge in [-0.1, -0.05) is 11.6 Å². The standard InChI is InChI=1S/C13H11ClFN3O/c1-8-13(14)12(18(2)17-8)7-19-10-4-3-9(6-16)11(15)5-10/h3-5H,7H2,1-2H3. The van der Waals surface area contributed by atoms with Gasteiger partial charge in [0.05, 0.1) is 22.0 Å².